The number of hydrogen-bond acceptors (Lipinski definition) is 6. The summed E-state index contributed by atoms with van der Waals surface area (Å²) in [5, 5.41) is 0. The Morgan fingerprint density at radius 3 is 2.19 bits per heavy atom. The maximum Gasteiger partial charge on any atom is 0.276 e. The van der Waals surface area contributed by atoms with Crippen LogP contribution in [0.15, 0.2) is 53.4 Å². The van der Waals surface area contributed by atoms with Crippen LogP contribution in [0, 0.1) is 0 Å². The summed E-state index contributed by atoms with van der Waals surface area (Å²) in [7, 11) is -3.70. The van der Waals surface area contributed by atoms with Crippen LogP contribution in [0.2, 0.25) is 0 Å². The number of hydrogen-bond donors (Lipinski definition) is 2. The highest BCUT2D eigenvalue weighted by Gasteiger charge is 2.22. The minimum atomic E-state index is -3.70. The Bertz CT molecular complexity index is 1020. The number of hydrazine groups is 1. The van der Waals surface area contributed by atoms with Gasteiger partial charge in [-0.1, -0.05) is 39.0 Å². The van der Waals surface area contributed by atoms with Crippen LogP contribution >= 0.6 is 0 Å². The lowest BCUT2D eigenvalue weighted by Gasteiger charge is -2.18. The molecule has 0 aromatic heterocycles. The van der Waals surface area contributed by atoms with Gasteiger partial charge in [0.25, 0.3) is 11.8 Å². The third-order valence-electron chi connectivity index (χ3n) is 4.42. The summed E-state index contributed by atoms with van der Waals surface area (Å²) in [6.45, 7) is 6.27. The van der Waals surface area contributed by atoms with Gasteiger partial charge in [0, 0.05) is 18.7 Å². The van der Waals surface area contributed by atoms with Crippen LogP contribution in [0.25, 0.3) is 0 Å². The highest BCUT2D eigenvalue weighted by molar-refractivity contribution is 7.89. The van der Waals surface area contributed by atoms with E-state index >= 15 is 0 Å². The second-order valence-corrected chi connectivity index (χ2v) is 8.64. The van der Waals surface area contributed by atoms with E-state index in [2.05, 4.69) is 10.9 Å². The van der Waals surface area contributed by atoms with Gasteiger partial charge < -0.3 is 9.47 Å². The van der Waals surface area contributed by atoms with Crippen molar-refractivity contribution in [2.45, 2.75) is 32.1 Å². The van der Waals surface area contributed by atoms with E-state index in [0.717, 1.165) is 6.42 Å². The monoisotopic (exact) mass is 463 g/mol. The first kappa shape index (κ1) is 25.2. The summed E-state index contributed by atoms with van der Waals surface area (Å²) in [5.41, 5.74) is 4.61. The largest absolute Gasteiger partial charge is 0.490 e. The van der Waals surface area contributed by atoms with Gasteiger partial charge in [-0.3, -0.25) is 20.4 Å². The molecule has 0 aliphatic heterocycles. The molecule has 0 heterocycles. The molecule has 2 N–H and O–H groups in total. The quantitative estimate of drug-likeness (QED) is 0.495. The topological polar surface area (TPSA) is 114 Å². The van der Waals surface area contributed by atoms with Crippen LogP contribution in [0.3, 0.4) is 0 Å². The van der Waals surface area contributed by atoms with E-state index in [4.69, 9.17) is 9.47 Å². The first-order valence-corrected chi connectivity index (χ1v) is 11.8. The molecule has 0 saturated heterocycles. The molecule has 2 amide bonds. The van der Waals surface area contributed by atoms with E-state index in [-0.39, 0.29) is 17.1 Å². The van der Waals surface area contributed by atoms with Crippen molar-refractivity contribution in [3.8, 4) is 11.5 Å². The molecule has 0 aliphatic rings. The van der Waals surface area contributed by atoms with Crippen molar-refractivity contribution in [1.29, 1.82) is 0 Å². The zero-order valence-electron chi connectivity index (χ0n) is 18.5. The molecule has 0 atom stereocenters. The Labute approximate surface area is 188 Å². The summed E-state index contributed by atoms with van der Waals surface area (Å²) in [4.78, 5) is 24.5. The lowest BCUT2D eigenvalue weighted by Crippen LogP contribution is -2.43. The Kier molecular flexibility index (Phi) is 9.48. The molecule has 2 rings (SSSR count). The van der Waals surface area contributed by atoms with E-state index in [1.54, 1.807) is 38.1 Å². The van der Waals surface area contributed by atoms with Crippen LogP contribution in [-0.4, -0.2) is 50.8 Å². The molecule has 32 heavy (non-hydrogen) atoms. The number of ether oxygens (including phenoxy) is 2. The molecule has 0 aliphatic carbocycles. The van der Waals surface area contributed by atoms with Gasteiger partial charge in [0.2, 0.25) is 10.0 Å². The van der Waals surface area contributed by atoms with Crippen LogP contribution in [0.5, 0.6) is 11.5 Å². The van der Waals surface area contributed by atoms with Crippen LogP contribution < -0.4 is 20.3 Å². The zero-order chi connectivity index (χ0) is 23.6. The number of nitrogens with zero attached hydrogens (tertiary/aromatic N) is 1. The number of rotatable bonds is 11. The van der Waals surface area contributed by atoms with E-state index in [1.165, 1.54) is 28.6 Å². The molecule has 2 aromatic carbocycles. The minimum absolute atomic E-state index is 0.00666. The fraction of sp³-hybridized carbons (Fsp3) is 0.364. The molecular weight excluding hydrogens is 434 g/mol. The molecule has 0 fully saturated rings. The molecule has 0 radical (unpaired) electrons. The number of para-hydroxylation sites is 2. The van der Waals surface area contributed by atoms with Gasteiger partial charge in [-0.15, -0.1) is 0 Å². The Morgan fingerprint density at radius 1 is 0.906 bits per heavy atom. The van der Waals surface area contributed by atoms with Gasteiger partial charge in [-0.05, 0) is 36.8 Å². The third kappa shape index (κ3) is 6.69. The number of amides is 2. The summed E-state index contributed by atoms with van der Waals surface area (Å²) in [6.07, 6.45) is 0.832. The molecule has 174 valence electrons. The van der Waals surface area contributed by atoms with Crippen LogP contribution in [-0.2, 0) is 14.8 Å². The highest BCUT2D eigenvalue weighted by Crippen LogP contribution is 2.26. The molecule has 9 nitrogen and oxygen atoms in total. The van der Waals surface area contributed by atoms with Gasteiger partial charge in [-0.2, -0.15) is 4.31 Å². The first-order chi connectivity index (χ1) is 15.3. The van der Waals surface area contributed by atoms with Crippen molar-refractivity contribution in [3.05, 3.63) is 54.1 Å². The maximum atomic E-state index is 12.6. The molecular formula is C22H29N3O6S. The molecule has 2 aromatic rings. The van der Waals surface area contributed by atoms with E-state index < -0.39 is 21.8 Å². The summed E-state index contributed by atoms with van der Waals surface area (Å²) in [6, 6.07) is 12.6. The number of sulfonamides is 1. The van der Waals surface area contributed by atoms with E-state index in [9.17, 15) is 18.0 Å². The second-order valence-electron chi connectivity index (χ2n) is 6.70. The Morgan fingerprint density at radius 2 is 1.56 bits per heavy atom. The predicted octanol–water partition coefficient (Wildman–Crippen LogP) is 2.35. The fourth-order valence-corrected chi connectivity index (χ4v) is 4.29. The standard InChI is InChI=1S/C22H29N3O6S/c1-4-14-30-19-12-7-8-13-20(19)31-16-21(26)23-24-22(27)17-10-9-11-18(15-17)32(28,29)25(5-2)6-3/h7-13,15H,4-6,14,16H2,1-3H3,(H,23,26)(H,24,27). The van der Waals surface area contributed by atoms with Gasteiger partial charge >= 0.3 is 0 Å². The molecule has 10 heteroatoms. The molecule has 0 bridgehead atoms. The average Bonchev–Trinajstić information content (AvgIpc) is 2.81. The first-order valence-electron chi connectivity index (χ1n) is 10.4. The number of benzene rings is 2. The smallest absolute Gasteiger partial charge is 0.276 e. The molecule has 0 saturated carbocycles. The molecule has 0 unspecified atom stereocenters. The van der Waals surface area contributed by atoms with Crippen molar-refractivity contribution < 1.29 is 27.5 Å². The lowest BCUT2D eigenvalue weighted by molar-refractivity contribution is -0.123. The SMILES string of the molecule is CCCOc1ccccc1OCC(=O)NNC(=O)c1cccc(S(=O)(=O)N(CC)CC)c1. The van der Waals surface area contributed by atoms with Gasteiger partial charge in [0.1, 0.15) is 0 Å². The third-order valence-corrected chi connectivity index (χ3v) is 6.47. The lowest BCUT2D eigenvalue weighted by atomic mass is 10.2. The van der Waals surface area contributed by atoms with Crippen LogP contribution in [0.1, 0.15) is 37.6 Å². The maximum absolute atomic E-state index is 12.6. The normalized spacial score (nSPS) is 11.1. The van der Waals surface area contributed by atoms with Crippen molar-refractivity contribution in [3.63, 3.8) is 0 Å². The van der Waals surface area contributed by atoms with Crippen molar-refractivity contribution >= 4 is 21.8 Å². The summed E-state index contributed by atoms with van der Waals surface area (Å²) >= 11 is 0. The van der Waals surface area contributed by atoms with Crippen LogP contribution in [0.4, 0.5) is 0 Å². The Hall–Kier alpha value is -3.11. The highest BCUT2D eigenvalue weighted by atomic mass is 32.2. The van der Waals surface area contributed by atoms with E-state index in [0.29, 0.717) is 31.2 Å². The predicted molar refractivity (Wildman–Crippen MR) is 120 cm³/mol. The van der Waals surface area contributed by atoms with Crippen molar-refractivity contribution in [1.82, 2.24) is 15.2 Å². The fourth-order valence-electron chi connectivity index (χ4n) is 2.79. The number of nitrogens with one attached hydrogen (secondary N) is 2. The Balaban J connectivity index is 1.95. The summed E-state index contributed by atoms with van der Waals surface area (Å²) in [5.74, 6) is -0.300. The van der Waals surface area contributed by atoms with Crippen molar-refractivity contribution in [2.24, 2.45) is 0 Å². The number of carbonyl (C=O) groups excluding carboxylic acids is 2. The van der Waals surface area contributed by atoms with Crippen molar-refractivity contribution in [2.75, 3.05) is 26.3 Å². The van der Waals surface area contributed by atoms with Gasteiger partial charge in [0.15, 0.2) is 18.1 Å². The minimum Gasteiger partial charge on any atom is -0.490 e. The summed E-state index contributed by atoms with van der Waals surface area (Å²) < 4.78 is 37.6. The zero-order valence-corrected chi connectivity index (χ0v) is 19.3. The molecule has 0 spiro atoms. The number of carbonyl (C=O) groups is 2. The van der Waals surface area contributed by atoms with Gasteiger partial charge in [0.05, 0.1) is 11.5 Å². The average molecular weight is 464 g/mol. The van der Waals surface area contributed by atoms with E-state index in [1.807, 2.05) is 6.92 Å². The second kappa shape index (κ2) is 12.1. The van der Waals surface area contributed by atoms with Gasteiger partial charge in [-0.25, -0.2) is 8.42 Å².